The van der Waals surface area contributed by atoms with Crippen molar-refractivity contribution in [3.63, 3.8) is 0 Å². The van der Waals surface area contributed by atoms with Gasteiger partial charge in [-0.05, 0) is 37.9 Å². The van der Waals surface area contributed by atoms with Crippen molar-refractivity contribution in [3.05, 3.63) is 0 Å². The Morgan fingerprint density at radius 1 is 1.33 bits per heavy atom. The lowest BCUT2D eigenvalue weighted by Gasteiger charge is -2.24. The Balaban J connectivity index is 0.00000162. The van der Waals surface area contributed by atoms with E-state index in [0.29, 0.717) is 6.04 Å². The molecule has 1 aliphatic heterocycles. The van der Waals surface area contributed by atoms with Gasteiger partial charge in [-0.25, -0.2) is 0 Å². The van der Waals surface area contributed by atoms with Crippen molar-refractivity contribution in [1.29, 1.82) is 0 Å². The lowest BCUT2D eigenvalue weighted by atomic mass is 10.2. The standard InChI is InChI=1S/C13H25N3S.HI/c1-2-14-13(15-8-7-11-5-6-11)16-12-4-3-9-17-10-12;/h11-12H,2-10H2,1H3,(H2,14,15,16);1H. The van der Waals surface area contributed by atoms with Gasteiger partial charge in [-0.2, -0.15) is 11.8 Å². The zero-order chi connectivity index (χ0) is 11.9. The first-order chi connectivity index (χ1) is 8.38. The average Bonchev–Trinajstić information content (AvgIpc) is 3.15. The van der Waals surface area contributed by atoms with Crippen molar-refractivity contribution >= 4 is 41.7 Å². The van der Waals surface area contributed by atoms with E-state index >= 15 is 0 Å². The first-order valence-electron chi connectivity index (χ1n) is 7.01. The molecule has 5 heteroatoms. The molecule has 2 aliphatic rings. The third kappa shape index (κ3) is 6.50. The molecule has 0 aromatic rings. The molecule has 0 spiro atoms. The second-order valence-corrected chi connectivity index (χ2v) is 6.20. The summed E-state index contributed by atoms with van der Waals surface area (Å²) in [4.78, 5) is 4.67. The van der Waals surface area contributed by atoms with E-state index < -0.39 is 0 Å². The fraction of sp³-hybridized carbons (Fsp3) is 0.923. The SMILES string of the molecule is CCNC(=NCCC1CC1)NC1CCCSC1.I. The van der Waals surface area contributed by atoms with E-state index in [9.17, 15) is 0 Å². The monoisotopic (exact) mass is 383 g/mol. The van der Waals surface area contributed by atoms with Crippen LogP contribution in [0.15, 0.2) is 4.99 Å². The smallest absolute Gasteiger partial charge is 0.191 e. The molecule has 2 N–H and O–H groups in total. The molecule has 18 heavy (non-hydrogen) atoms. The van der Waals surface area contributed by atoms with Gasteiger partial charge in [-0.15, -0.1) is 24.0 Å². The van der Waals surface area contributed by atoms with Crippen LogP contribution in [-0.2, 0) is 0 Å². The number of halogens is 1. The number of nitrogens with zero attached hydrogens (tertiary/aromatic N) is 1. The van der Waals surface area contributed by atoms with Crippen LogP contribution < -0.4 is 10.6 Å². The quantitative estimate of drug-likeness (QED) is 0.436. The second-order valence-electron chi connectivity index (χ2n) is 5.05. The molecule has 3 nitrogen and oxygen atoms in total. The number of rotatable bonds is 5. The first kappa shape index (κ1) is 16.4. The van der Waals surface area contributed by atoms with Gasteiger partial charge in [0.05, 0.1) is 0 Å². The molecule has 2 fully saturated rings. The minimum atomic E-state index is 0. The third-order valence-corrected chi connectivity index (χ3v) is 4.56. The first-order valence-corrected chi connectivity index (χ1v) is 8.16. The maximum Gasteiger partial charge on any atom is 0.191 e. The highest BCUT2D eigenvalue weighted by atomic mass is 127. The molecule has 106 valence electrons. The van der Waals surface area contributed by atoms with Gasteiger partial charge in [0, 0.05) is 24.9 Å². The van der Waals surface area contributed by atoms with Gasteiger partial charge in [0.25, 0.3) is 0 Å². The van der Waals surface area contributed by atoms with Crippen LogP contribution in [0.4, 0.5) is 0 Å². The van der Waals surface area contributed by atoms with E-state index in [1.165, 1.54) is 43.6 Å². The van der Waals surface area contributed by atoms with Crippen LogP contribution in [0.1, 0.15) is 39.0 Å². The van der Waals surface area contributed by atoms with Gasteiger partial charge in [0.2, 0.25) is 0 Å². The summed E-state index contributed by atoms with van der Waals surface area (Å²) in [6, 6.07) is 0.618. The van der Waals surface area contributed by atoms with Crippen molar-refractivity contribution < 1.29 is 0 Å². The zero-order valence-electron chi connectivity index (χ0n) is 11.3. The van der Waals surface area contributed by atoms with E-state index in [1.54, 1.807) is 0 Å². The van der Waals surface area contributed by atoms with Crippen LogP contribution in [-0.4, -0.2) is 36.6 Å². The minimum absolute atomic E-state index is 0. The molecular formula is C13H26IN3S. The summed E-state index contributed by atoms with van der Waals surface area (Å²) in [5.74, 6) is 4.56. The van der Waals surface area contributed by atoms with Crippen molar-refractivity contribution in [3.8, 4) is 0 Å². The highest BCUT2D eigenvalue weighted by molar-refractivity contribution is 14.0. The molecule has 0 aromatic heterocycles. The molecule has 2 rings (SSSR count). The van der Waals surface area contributed by atoms with Crippen LogP contribution in [0.3, 0.4) is 0 Å². The summed E-state index contributed by atoms with van der Waals surface area (Å²) < 4.78 is 0. The summed E-state index contributed by atoms with van der Waals surface area (Å²) in [5.41, 5.74) is 0. The van der Waals surface area contributed by atoms with Gasteiger partial charge in [-0.1, -0.05) is 12.8 Å². The number of nitrogens with one attached hydrogen (secondary N) is 2. The van der Waals surface area contributed by atoms with Gasteiger partial charge in [0.15, 0.2) is 5.96 Å². The van der Waals surface area contributed by atoms with Crippen LogP contribution in [0, 0.1) is 5.92 Å². The third-order valence-electron chi connectivity index (χ3n) is 3.35. The molecule has 0 amide bonds. The summed E-state index contributed by atoms with van der Waals surface area (Å²) in [6.07, 6.45) is 6.76. The highest BCUT2D eigenvalue weighted by Crippen LogP contribution is 2.32. The number of guanidine groups is 1. The molecular weight excluding hydrogens is 357 g/mol. The fourth-order valence-electron chi connectivity index (χ4n) is 2.13. The highest BCUT2D eigenvalue weighted by Gasteiger charge is 2.20. The topological polar surface area (TPSA) is 36.4 Å². The minimum Gasteiger partial charge on any atom is -0.357 e. The Hall–Kier alpha value is 0.350. The number of hydrogen-bond acceptors (Lipinski definition) is 2. The number of aliphatic imine (C=N–C) groups is 1. The number of hydrogen-bond donors (Lipinski definition) is 2. The van der Waals surface area contributed by atoms with Gasteiger partial charge >= 0.3 is 0 Å². The fourth-order valence-corrected chi connectivity index (χ4v) is 3.21. The van der Waals surface area contributed by atoms with Crippen molar-refractivity contribution in [2.24, 2.45) is 10.9 Å². The molecule has 1 atom stereocenters. The lowest BCUT2D eigenvalue weighted by Crippen LogP contribution is -2.45. The summed E-state index contributed by atoms with van der Waals surface area (Å²) in [6.45, 7) is 4.07. The second kappa shape index (κ2) is 9.28. The lowest BCUT2D eigenvalue weighted by molar-refractivity contribution is 0.581. The molecule has 1 heterocycles. The Bertz CT molecular complexity index is 251. The summed E-state index contributed by atoms with van der Waals surface area (Å²) in [5, 5.41) is 6.92. The predicted octanol–water partition coefficient (Wildman–Crippen LogP) is 2.86. The summed E-state index contributed by atoms with van der Waals surface area (Å²) >= 11 is 2.06. The molecule has 0 bridgehead atoms. The summed E-state index contributed by atoms with van der Waals surface area (Å²) in [7, 11) is 0. The average molecular weight is 383 g/mol. The van der Waals surface area contributed by atoms with Crippen LogP contribution in [0.25, 0.3) is 0 Å². The van der Waals surface area contributed by atoms with E-state index in [1.807, 2.05) is 0 Å². The normalized spacial score (nSPS) is 24.3. The molecule has 1 aliphatic carbocycles. The Kier molecular flexibility index (Phi) is 8.46. The molecule has 0 radical (unpaired) electrons. The van der Waals surface area contributed by atoms with Gasteiger partial charge < -0.3 is 10.6 Å². The van der Waals surface area contributed by atoms with Crippen molar-refractivity contribution in [2.75, 3.05) is 24.6 Å². The number of thioether (sulfide) groups is 1. The van der Waals surface area contributed by atoms with Crippen LogP contribution in [0.5, 0.6) is 0 Å². The van der Waals surface area contributed by atoms with Crippen molar-refractivity contribution in [2.45, 2.75) is 45.1 Å². The Morgan fingerprint density at radius 3 is 2.78 bits per heavy atom. The predicted molar refractivity (Wildman–Crippen MR) is 92.2 cm³/mol. The van der Waals surface area contributed by atoms with Crippen molar-refractivity contribution in [1.82, 2.24) is 10.6 Å². The Labute approximate surface area is 132 Å². The molecule has 0 aromatic carbocycles. The van der Waals surface area contributed by atoms with E-state index in [2.05, 4.69) is 34.3 Å². The van der Waals surface area contributed by atoms with Gasteiger partial charge in [0.1, 0.15) is 0 Å². The van der Waals surface area contributed by atoms with Gasteiger partial charge in [-0.3, -0.25) is 4.99 Å². The van der Waals surface area contributed by atoms with E-state index in [4.69, 9.17) is 0 Å². The van der Waals surface area contributed by atoms with Crippen LogP contribution in [0.2, 0.25) is 0 Å². The maximum atomic E-state index is 4.67. The molecule has 1 unspecified atom stereocenters. The van der Waals surface area contributed by atoms with Crippen LogP contribution >= 0.6 is 35.7 Å². The zero-order valence-corrected chi connectivity index (χ0v) is 14.4. The largest absolute Gasteiger partial charge is 0.357 e. The van der Waals surface area contributed by atoms with E-state index in [-0.39, 0.29) is 24.0 Å². The molecule has 1 saturated carbocycles. The molecule has 1 saturated heterocycles. The Morgan fingerprint density at radius 2 is 2.17 bits per heavy atom. The maximum absolute atomic E-state index is 4.67. The van der Waals surface area contributed by atoms with E-state index in [0.717, 1.165) is 25.0 Å².